The Bertz CT molecular complexity index is 268. The molecule has 1 rings (SSSR count). The van der Waals surface area contributed by atoms with E-state index in [1.807, 2.05) is 13.2 Å². The summed E-state index contributed by atoms with van der Waals surface area (Å²) in [6.45, 7) is 5.46. The van der Waals surface area contributed by atoms with Gasteiger partial charge in [0.25, 0.3) is 0 Å². The first-order valence-corrected chi connectivity index (χ1v) is 5.99. The van der Waals surface area contributed by atoms with Gasteiger partial charge < -0.3 is 9.88 Å². The van der Waals surface area contributed by atoms with Crippen molar-refractivity contribution in [1.29, 1.82) is 0 Å². The second-order valence-electron chi connectivity index (χ2n) is 4.02. The monoisotopic (exact) mass is 209 g/mol. The summed E-state index contributed by atoms with van der Waals surface area (Å²) in [6, 6.07) is 0.569. The van der Waals surface area contributed by atoms with Crippen molar-refractivity contribution in [2.24, 2.45) is 0 Å². The average molecular weight is 209 g/mol. The third-order valence-corrected chi connectivity index (χ3v) is 2.74. The zero-order valence-corrected chi connectivity index (χ0v) is 10.2. The van der Waals surface area contributed by atoms with Gasteiger partial charge >= 0.3 is 0 Å². The molecule has 3 nitrogen and oxygen atoms in total. The molecule has 0 aliphatic heterocycles. The van der Waals surface area contributed by atoms with Crippen molar-refractivity contribution < 1.29 is 0 Å². The largest absolute Gasteiger partial charge is 0.333 e. The first-order chi connectivity index (χ1) is 7.31. The first-order valence-electron chi connectivity index (χ1n) is 5.99. The summed E-state index contributed by atoms with van der Waals surface area (Å²) < 4.78 is 2.28. The standard InChI is InChI=1S/C12H23N3/c1-4-6-11(13-3)10-15-9-8-14-12(15)7-5-2/h8-9,11,13H,4-7,10H2,1-3H3. The fourth-order valence-corrected chi connectivity index (χ4v) is 1.87. The fraction of sp³-hybridized carbons (Fsp3) is 0.750. The summed E-state index contributed by atoms with van der Waals surface area (Å²) in [5.41, 5.74) is 0. The summed E-state index contributed by atoms with van der Waals surface area (Å²) in [5, 5.41) is 3.36. The number of aromatic nitrogens is 2. The number of aryl methyl sites for hydroxylation is 1. The van der Waals surface area contributed by atoms with E-state index in [1.54, 1.807) is 0 Å². The number of nitrogens with zero attached hydrogens (tertiary/aromatic N) is 2. The van der Waals surface area contributed by atoms with E-state index in [4.69, 9.17) is 0 Å². The second kappa shape index (κ2) is 6.62. The van der Waals surface area contributed by atoms with Gasteiger partial charge in [0.15, 0.2) is 0 Å². The topological polar surface area (TPSA) is 29.9 Å². The molecule has 1 N–H and O–H groups in total. The Morgan fingerprint density at radius 1 is 1.40 bits per heavy atom. The number of nitrogens with one attached hydrogen (secondary N) is 1. The van der Waals surface area contributed by atoms with E-state index in [2.05, 4.69) is 34.9 Å². The molecule has 1 aromatic heterocycles. The maximum atomic E-state index is 4.39. The lowest BCUT2D eigenvalue weighted by molar-refractivity contribution is 0.440. The van der Waals surface area contributed by atoms with Gasteiger partial charge in [-0.1, -0.05) is 20.3 Å². The molecular weight excluding hydrogens is 186 g/mol. The van der Waals surface area contributed by atoms with E-state index in [0.29, 0.717) is 6.04 Å². The molecule has 0 saturated carbocycles. The quantitative estimate of drug-likeness (QED) is 0.746. The molecule has 3 heteroatoms. The predicted octanol–water partition coefficient (Wildman–Crippen LogP) is 2.22. The molecule has 86 valence electrons. The molecule has 0 saturated heterocycles. The van der Waals surface area contributed by atoms with Crippen LogP contribution < -0.4 is 5.32 Å². The highest BCUT2D eigenvalue weighted by molar-refractivity contribution is 4.93. The highest BCUT2D eigenvalue weighted by atomic mass is 15.1. The molecule has 1 aromatic rings. The van der Waals surface area contributed by atoms with Crippen molar-refractivity contribution in [3.8, 4) is 0 Å². The number of hydrogen-bond acceptors (Lipinski definition) is 2. The SMILES string of the molecule is CCCc1nccn1CC(CCC)NC. The van der Waals surface area contributed by atoms with Gasteiger partial charge in [-0.15, -0.1) is 0 Å². The molecule has 0 aromatic carbocycles. The molecule has 0 bridgehead atoms. The summed E-state index contributed by atoms with van der Waals surface area (Å²) in [6.07, 6.45) is 8.68. The van der Waals surface area contributed by atoms with Crippen molar-refractivity contribution >= 4 is 0 Å². The lowest BCUT2D eigenvalue weighted by Gasteiger charge is -2.17. The minimum atomic E-state index is 0.569. The van der Waals surface area contributed by atoms with Crippen molar-refractivity contribution in [2.45, 2.75) is 52.1 Å². The predicted molar refractivity (Wildman–Crippen MR) is 64.0 cm³/mol. The summed E-state index contributed by atoms with van der Waals surface area (Å²) >= 11 is 0. The molecule has 0 aliphatic carbocycles. The van der Waals surface area contributed by atoms with E-state index in [-0.39, 0.29) is 0 Å². The molecule has 0 fully saturated rings. The number of imidazole rings is 1. The van der Waals surface area contributed by atoms with Crippen LogP contribution in [0.3, 0.4) is 0 Å². The van der Waals surface area contributed by atoms with Crippen molar-refractivity contribution in [2.75, 3.05) is 7.05 Å². The highest BCUT2D eigenvalue weighted by Crippen LogP contribution is 2.05. The van der Waals surface area contributed by atoms with Gasteiger partial charge in [-0.05, 0) is 19.9 Å². The van der Waals surface area contributed by atoms with Crippen molar-refractivity contribution in [1.82, 2.24) is 14.9 Å². The number of likely N-dealkylation sites (N-methyl/N-ethyl adjacent to an activating group) is 1. The van der Waals surface area contributed by atoms with Crippen LogP contribution in [-0.2, 0) is 13.0 Å². The van der Waals surface area contributed by atoms with Crippen LogP contribution in [0.1, 0.15) is 38.9 Å². The molecule has 1 heterocycles. The van der Waals surface area contributed by atoms with Crippen LogP contribution in [0.15, 0.2) is 12.4 Å². The summed E-state index contributed by atoms with van der Waals surface area (Å²) in [4.78, 5) is 4.39. The maximum Gasteiger partial charge on any atom is 0.108 e. The van der Waals surface area contributed by atoms with Crippen LogP contribution in [0.4, 0.5) is 0 Å². The Morgan fingerprint density at radius 3 is 2.80 bits per heavy atom. The molecule has 15 heavy (non-hydrogen) atoms. The Morgan fingerprint density at radius 2 is 2.20 bits per heavy atom. The van der Waals surface area contributed by atoms with Gasteiger partial charge in [-0.25, -0.2) is 4.98 Å². The van der Waals surface area contributed by atoms with Crippen LogP contribution in [0.5, 0.6) is 0 Å². The Kier molecular flexibility index (Phi) is 5.40. The van der Waals surface area contributed by atoms with Crippen LogP contribution in [0.25, 0.3) is 0 Å². The van der Waals surface area contributed by atoms with Gasteiger partial charge in [0, 0.05) is 31.4 Å². The molecule has 0 aliphatic rings. The zero-order valence-electron chi connectivity index (χ0n) is 10.2. The minimum Gasteiger partial charge on any atom is -0.333 e. The average Bonchev–Trinajstić information content (AvgIpc) is 2.66. The van der Waals surface area contributed by atoms with Crippen LogP contribution in [0.2, 0.25) is 0 Å². The smallest absolute Gasteiger partial charge is 0.108 e. The minimum absolute atomic E-state index is 0.569. The first kappa shape index (κ1) is 12.2. The summed E-state index contributed by atoms with van der Waals surface area (Å²) in [5.74, 6) is 1.22. The van der Waals surface area contributed by atoms with Gasteiger partial charge in [0.1, 0.15) is 5.82 Å². The molecule has 0 amide bonds. The molecule has 1 unspecified atom stereocenters. The zero-order chi connectivity index (χ0) is 11.1. The van der Waals surface area contributed by atoms with Crippen molar-refractivity contribution in [3.05, 3.63) is 18.2 Å². The Labute approximate surface area is 92.9 Å². The molecule has 0 spiro atoms. The van der Waals surface area contributed by atoms with Gasteiger partial charge in [0.05, 0.1) is 0 Å². The van der Waals surface area contributed by atoms with E-state index in [0.717, 1.165) is 19.4 Å². The Hall–Kier alpha value is -0.830. The lowest BCUT2D eigenvalue weighted by Crippen LogP contribution is -2.30. The van der Waals surface area contributed by atoms with E-state index >= 15 is 0 Å². The fourth-order valence-electron chi connectivity index (χ4n) is 1.87. The lowest BCUT2D eigenvalue weighted by atomic mass is 10.1. The van der Waals surface area contributed by atoms with Crippen LogP contribution in [-0.4, -0.2) is 22.6 Å². The van der Waals surface area contributed by atoms with Crippen molar-refractivity contribution in [3.63, 3.8) is 0 Å². The summed E-state index contributed by atoms with van der Waals surface area (Å²) in [7, 11) is 2.04. The van der Waals surface area contributed by atoms with Crippen LogP contribution in [0, 0.1) is 0 Å². The van der Waals surface area contributed by atoms with Gasteiger partial charge in [-0.2, -0.15) is 0 Å². The van der Waals surface area contributed by atoms with Gasteiger partial charge in [-0.3, -0.25) is 0 Å². The molecule has 1 atom stereocenters. The Balaban J connectivity index is 2.57. The maximum absolute atomic E-state index is 4.39. The third-order valence-electron chi connectivity index (χ3n) is 2.74. The van der Waals surface area contributed by atoms with Crippen LogP contribution >= 0.6 is 0 Å². The number of hydrogen-bond donors (Lipinski definition) is 1. The van der Waals surface area contributed by atoms with E-state index in [9.17, 15) is 0 Å². The van der Waals surface area contributed by atoms with E-state index in [1.165, 1.54) is 18.7 Å². The normalized spacial score (nSPS) is 13.0. The van der Waals surface area contributed by atoms with E-state index < -0.39 is 0 Å². The molecular formula is C12H23N3. The molecule has 0 radical (unpaired) electrons. The third kappa shape index (κ3) is 3.67. The number of rotatable bonds is 7. The van der Waals surface area contributed by atoms with Gasteiger partial charge in [0.2, 0.25) is 0 Å². The second-order valence-corrected chi connectivity index (χ2v) is 4.02. The highest BCUT2D eigenvalue weighted by Gasteiger charge is 2.08.